The molecular weight excluding hydrogens is 356 g/mol. The van der Waals surface area contributed by atoms with Crippen LogP contribution in [-0.2, 0) is 4.79 Å². The maximum Gasteiger partial charge on any atom is 0.315 e. The molecule has 0 aliphatic carbocycles. The molecule has 5 N–H and O–H groups in total. The second-order valence-electron chi connectivity index (χ2n) is 10.1. The van der Waals surface area contributed by atoms with Crippen LogP contribution in [0.5, 0.6) is 0 Å². The summed E-state index contributed by atoms with van der Waals surface area (Å²) in [6, 6.07) is -0.198. The Kier molecular flexibility index (Phi) is 10.5. The molecule has 0 aromatic carbocycles. The summed E-state index contributed by atoms with van der Waals surface area (Å²) in [5.41, 5.74) is -0.814. The Bertz CT molecular complexity index is 504. The van der Waals surface area contributed by atoms with Crippen LogP contribution < -0.4 is 21.3 Å². The van der Waals surface area contributed by atoms with Crippen molar-refractivity contribution in [2.75, 3.05) is 0 Å². The van der Waals surface area contributed by atoms with Gasteiger partial charge >= 0.3 is 6.03 Å². The summed E-state index contributed by atoms with van der Waals surface area (Å²) < 4.78 is 0. The molecule has 3 atom stereocenters. The van der Waals surface area contributed by atoms with E-state index in [4.69, 9.17) is 0 Å². The van der Waals surface area contributed by atoms with E-state index >= 15 is 0 Å². The SMILES string of the molecule is CC(C)NC(=O)NC(C)CC(C)(C)C(O)NC(C)CC(C)(C)NC(=O)C(C)C. The van der Waals surface area contributed by atoms with E-state index in [0.717, 1.165) is 0 Å². The number of hydrogen-bond acceptors (Lipinski definition) is 4. The summed E-state index contributed by atoms with van der Waals surface area (Å²) in [4.78, 5) is 23.8. The first-order valence-electron chi connectivity index (χ1n) is 10.4. The molecule has 0 radical (unpaired) electrons. The molecule has 0 aromatic heterocycles. The van der Waals surface area contributed by atoms with Gasteiger partial charge < -0.3 is 21.1 Å². The molecule has 0 aliphatic heterocycles. The summed E-state index contributed by atoms with van der Waals surface area (Å²) in [6.45, 7) is 19.4. The first-order valence-corrected chi connectivity index (χ1v) is 10.4. The van der Waals surface area contributed by atoms with Crippen molar-refractivity contribution < 1.29 is 14.7 Å². The van der Waals surface area contributed by atoms with E-state index in [2.05, 4.69) is 21.3 Å². The molecule has 7 heteroatoms. The van der Waals surface area contributed by atoms with Crippen molar-refractivity contribution in [3.8, 4) is 0 Å². The lowest BCUT2D eigenvalue weighted by atomic mass is 9.83. The maximum atomic E-state index is 12.0. The largest absolute Gasteiger partial charge is 0.378 e. The van der Waals surface area contributed by atoms with Crippen molar-refractivity contribution in [2.24, 2.45) is 11.3 Å². The van der Waals surface area contributed by atoms with Crippen LogP contribution in [0.4, 0.5) is 4.79 Å². The molecule has 7 nitrogen and oxygen atoms in total. The number of aliphatic hydroxyl groups is 1. The highest BCUT2D eigenvalue weighted by Crippen LogP contribution is 2.26. The first kappa shape index (κ1) is 26.7. The molecule has 0 fully saturated rings. The monoisotopic (exact) mass is 400 g/mol. The second-order valence-corrected chi connectivity index (χ2v) is 10.1. The lowest BCUT2D eigenvalue weighted by molar-refractivity contribution is -0.125. The normalized spacial score (nSPS) is 15.9. The number of aliphatic hydroxyl groups excluding tert-OH is 1. The fourth-order valence-electron chi connectivity index (χ4n) is 3.33. The van der Waals surface area contributed by atoms with E-state index < -0.39 is 11.6 Å². The van der Waals surface area contributed by atoms with Crippen molar-refractivity contribution >= 4 is 11.9 Å². The maximum absolute atomic E-state index is 12.0. The molecule has 28 heavy (non-hydrogen) atoms. The summed E-state index contributed by atoms with van der Waals surface area (Å²) >= 11 is 0. The van der Waals surface area contributed by atoms with Crippen LogP contribution in [0.1, 0.15) is 82.1 Å². The van der Waals surface area contributed by atoms with Crippen molar-refractivity contribution in [1.82, 2.24) is 21.3 Å². The molecule has 0 aliphatic rings. The number of nitrogens with one attached hydrogen (secondary N) is 4. The Labute approximate surface area is 171 Å². The van der Waals surface area contributed by atoms with E-state index in [1.54, 1.807) is 0 Å². The number of hydrogen-bond donors (Lipinski definition) is 5. The fraction of sp³-hybridized carbons (Fsp3) is 0.905. The highest BCUT2D eigenvalue weighted by atomic mass is 16.3. The first-order chi connectivity index (χ1) is 12.6. The van der Waals surface area contributed by atoms with E-state index in [-0.39, 0.29) is 41.5 Å². The molecule has 0 aromatic rings. The molecule has 0 saturated carbocycles. The van der Waals surface area contributed by atoms with Crippen LogP contribution in [0.2, 0.25) is 0 Å². The Morgan fingerprint density at radius 3 is 1.86 bits per heavy atom. The molecular formula is C21H44N4O3. The number of carbonyl (C=O) groups is 2. The van der Waals surface area contributed by atoms with Crippen molar-refractivity contribution in [1.29, 1.82) is 0 Å². The number of urea groups is 1. The predicted octanol–water partition coefficient (Wildman–Crippen LogP) is 2.74. The molecule has 0 saturated heterocycles. The van der Waals surface area contributed by atoms with Gasteiger partial charge in [0.15, 0.2) is 0 Å². The van der Waals surface area contributed by atoms with Crippen LogP contribution in [0, 0.1) is 11.3 Å². The molecule has 0 bridgehead atoms. The third-order valence-corrected chi connectivity index (χ3v) is 4.61. The minimum absolute atomic E-state index is 0.00393. The molecule has 3 amide bonds. The molecule has 0 heterocycles. The van der Waals surface area contributed by atoms with Gasteiger partial charge in [0.1, 0.15) is 6.23 Å². The van der Waals surface area contributed by atoms with Gasteiger partial charge in [-0.1, -0.05) is 27.7 Å². The van der Waals surface area contributed by atoms with E-state index in [1.807, 2.05) is 69.2 Å². The minimum atomic E-state index is -0.739. The smallest absolute Gasteiger partial charge is 0.315 e. The Morgan fingerprint density at radius 1 is 0.857 bits per heavy atom. The van der Waals surface area contributed by atoms with Crippen LogP contribution >= 0.6 is 0 Å². The zero-order valence-corrected chi connectivity index (χ0v) is 19.6. The van der Waals surface area contributed by atoms with Crippen molar-refractivity contribution in [3.63, 3.8) is 0 Å². The number of amides is 3. The van der Waals surface area contributed by atoms with Gasteiger partial charge in [-0.2, -0.15) is 0 Å². The van der Waals surface area contributed by atoms with Crippen LogP contribution in [0.15, 0.2) is 0 Å². The topological polar surface area (TPSA) is 102 Å². The highest BCUT2D eigenvalue weighted by molar-refractivity contribution is 5.78. The van der Waals surface area contributed by atoms with Gasteiger partial charge in [0.05, 0.1) is 0 Å². The quantitative estimate of drug-likeness (QED) is 0.344. The average molecular weight is 401 g/mol. The van der Waals surface area contributed by atoms with Crippen molar-refractivity contribution in [2.45, 2.75) is 112 Å². The van der Waals surface area contributed by atoms with Crippen molar-refractivity contribution in [3.05, 3.63) is 0 Å². The molecule has 3 unspecified atom stereocenters. The summed E-state index contributed by atoms with van der Waals surface area (Å²) in [7, 11) is 0. The Balaban J connectivity index is 4.65. The third kappa shape index (κ3) is 10.9. The van der Waals surface area contributed by atoms with Crippen LogP contribution in [0.3, 0.4) is 0 Å². The Hall–Kier alpha value is -1.34. The van der Waals surface area contributed by atoms with Gasteiger partial charge in [0, 0.05) is 35.0 Å². The lowest BCUT2D eigenvalue weighted by Crippen LogP contribution is -2.53. The van der Waals surface area contributed by atoms with E-state index in [9.17, 15) is 14.7 Å². The van der Waals surface area contributed by atoms with Gasteiger partial charge in [-0.3, -0.25) is 10.1 Å². The Morgan fingerprint density at radius 2 is 1.39 bits per heavy atom. The molecule has 166 valence electrons. The zero-order chi connectivity index (χ0) is 22.3. The minimum Gasteiger partial charge on any atom is -0.378 e. The average Bonchev–Trinajstić information content (AvgIpc) is 2.43. The fourth-order valence-corrected chi connectivity index (χ4v) is 3.33. The number of rotatable bonds is 11. The van der Waals surface area contributed by atoms with Crippen LogP contribution in [0.25, 0.3) is 0 Å². The van der Waals surface area contributed by atoms with Gasteiger partial charge in [0.2, 0.25) is 5.91 Å². The van der Waals surface area contributed by atoms with E-state index in [0.29, 0.717) is 12.8 Å². The van der Waals surface area contributed by atoms with Gasteiger partial charge in [-0.25, -0.2) is 4.79 Å². The summed E-state index contributed by atoms with van der Waals surface area (Å²) in [5.74, 6) is -0.0356. The predicted molar refractivity (Wildman–Crippen MR) is 115 cm³/mol. The summed E-state index contributed by atoms with van der Waals surface area (Å²) in [6.07, 6.45) is 0.562. The van der Waals surface area contributed by atoms with Gasteiger partial charge in [-0.05, 0) is 54.4 Å². The van der Waals surface area contributed by atoms with Crippen LogP contribution in [-0.4, -0.2) is 46.9 Å². The zero-order valence-electron chi connectivity index (χ0n) is 19.6. The standard InChI is InChI=1S/C21H44N4O3/c1-13(2)17(26)25-21(9,10)12-16(6)23-18(27)20(7,8)11-15(5)24-19(28)22-14(3)4/h13-16,18,23,27H,11-12H2,1-10H3,(H,25,26)(H2,22,24,28). The van der Waals surface area contributed by atoms with Gasteiger partial charge in [0.25, 0.3) is 0 Å². The lowest BCUT2D eigenvalue weighted by Gasteiger charge is -2.37. The van der Waals surface area contributed by atoms with Gasteiger partial charge in [-0.15, -0.1) is 0 Å². The highest BCUT2D eigenvalue weighted by Gasteiger charge is 2.32. The molecule has 0 spiro atoms. The number of carbonyl (C=O) groups excluding carboxylic acids is 2. The third-order valence-electron chi connectivity index (χ3n) is 4.61. The molecule has 0 rings (SSSR count). The summed E-state index contributed by atoms with van der Waals surface area (Å²) in [5, 5.41) is 22.7. The second kappa shape index (κ2) is 11.0. The van der Waals surface area contributed by atoms with E-state index in [1.165, 1.54) is 0 Å².